The number of nitrogens with zero attached hydrogens (tertiary/aromatic N) is 3. The first-order chi connectivity index (χ1) is 17.2. The van der Waals surface area contributed by atoms with Gasteiger partial charge in [0.25, 0.3) is 5.91 Å². The number of primary sulfonamides is 1. The average molecular weight is 503 g/mol. The summed E-state index contributed by atoms with van der Waals surface area (Å²) in [6.45, 7) is 3.50. The number of hydrogen-bond donors (Lipinski definition) is 3. The van der Waals surface area contributed by atoms with Gasteiger partial charge >= 0.3 is 0 Å². The molecule has 1 fully saturated rings. The van der Waals surface area contributed by atoms with E-state index in [0.29, 0.717) is 22.6 Å². The molecule has 9 nitrogen and oxygen atoms in total. The van der Waals surface area contributed by atoms with Crippen molar-refractivity contribution in [3.8, 4) is 5.69 Å². The van der Waals surface area contributed by atoms with Gasteiger partial charge < -0.3 is 10.2 Å². The highest BCUT2D eigenvalue weighted by Gasteiger charge is 2.23. The number of anilines is 1. The molecule has 0 radical (unpaired) electrons. The SMILES string of the molecule is Cc1cc(C(=O)Nc2ccc(C(=N)N3CCCC3)cc2)n(-c2cc3ccccc3cc2S(N)(=O)=O)n1. The van der Waals surface area contributed by atoms with Crippen LogP contribution in [0.2, 0.25) is 0 Å². The van der Waals surface area contributed by atoms with E-state index >= 15 is 0 Å². The number of likely N-dealkylation sites (tertiary alicyclic amines) is 1. The number of carbonyl (C=O) groups is 1. The van der Waals surface area contributed by atoms with E-state index in [-0.39, 0.29) is 16.3 Å². The molecule has 0 spiro atoms. The van der Waals surface area contributed by atoms with Crippen LogP contribution in [0.4, 0.5) is 5.69 Å². The number of aryl methyl sites for hydroxylation is 1. The highest BCUT2D eigenvalue weighted by molar-refractivity contribution is 7.89. The van der Waals surface area contributed by atoms with E-state index in [1.807, 2.05) is 23.1 Å². The quantitative estimate of drug-likeness (QED) is 0.283. The van der Waals surface area contributed by atoms with Crippen LogP contribution in [0.5, 0.6) is 0 Å². The molecule has 5 rings (SSSR count). The third-order valence-corrected chi connectivity index (χ3v) is 7.20. The van der Waals surface area contributed by atoms with Crippen LogP contribution in [-0.4, -0.2) is 47.9 Å². The van der Waals surface area contributed by atoms with Crippen molar-refractivity contribution in [1.82, 2.24) is 14.7 Å². The van der Waals surface area contributed by atoms with E-state index in [2.05, 4.69) is 10.4 Å². The van der Waals surface area contributed by atoms with Crippen LogP contribution in [-0.2, 0) is 10.0 Å². The molecule has 10 heteroatoms. The molecule has 0 atom stereocenters. The minimum absolute atomic E-state index is 0.122. The minimum Gasteiger partial charge on any atom is -0.357 e. The number of hydrogen-bond acceptors (Lipinski definition) is 5. The number of amidine groups is 1. The van der Waals surface area contributed by atoms with Gasteiger partial charge in [-0.2, -0.15) is 5.10 Å². The second-order valence-corrected chi connectivity index (χ2v) is 10.4. The molecule has 184 valence electrons. The number of benzene rings is 3. The fourth-order valence-corrected chi connectivity index (χ4v) is 5.20. The van der Waals surface area contributed by atoms with Crippen molar-refractivity contribution in [3.63, 3.8) is 0 Å². The van der Waals surface area contributed by atoms with Gasteiger partial charge in [-0.25, -0.2) is 18.2 Å². The van der Waals surface area contributed by atoms with Crippen LogP contribution in [0.3, 0.4) is 0 Å². The standard InChI is InChI=1S/C26H26N6O3S/c1-17-14-23(26(33)29-21-10-8-18(9-11-21)25(27)31-12-4-5-13-31)32(30-17)22-15-19-6-2-3-7-20(19)16-24(22)36(28,34)35/h2-3,6-11,14-16,27H,4-5,12-13H2,1H3,(H,29,33)(H2,28,34,35). The molecule has 2 heterocycles. The summed E-state index contributed by atoms with van der Waals surface area (Å²) in [6, 6.07) is 19.2. The van der Waals surface area contributed by atoms with Crippen LogP contribution in [0, 0.1) is 12.3 Å². The maximum atomic E-state index is 13.3. The fourth-order valence-electron chi connectivity index (χ4n) is 4.48. The summed E-state index contributed by atoms with van der Waals surface area (Å²) in [5.41, 5.74) is 2.24. The third kappa shape index (κ3) is 4.60. The first kappa shape index (κ1) is 23.7. The Hall–Kier alpha value is -4.02. The Morgan fingerprint density at radius 1 is 1.00 bits per heavy atom. The number of amides is 1. The normalized spacial score (nSPS) is 13.8. The van der Waals surface area contributed by atoms with Gasteiger partial charge in [-0.15, -0.1) is 0 Å². The van der Waals surface area contributed by atoms with E-state index in [4.69, 9.17) is 10.5 Å². The Labute approximate surface area is 209 Å². The predicted molar refractivity (Wildman–Crippen MR) is 139 cm³/mol. The highest BCUT2D eigenvalue weighted by Crippen LogP contribution is 2.27. The van der Waals surface area contributed by atoms with Crippen LogP contribution < -0.4 is 10.5 Å². The van der Waals surface area contributed by atoms with Gasteiger partial charge in [0, 0.05) is 24.3 Å². The second kappa shape index (κ2) is 9.21. The van der Waals surface area contributed by atoms with Crippen molar-refractivity contribution in [3.05, 3.63) is 83.7 Å². The zero-order valence-electron chi connectivity index (χ0n) is 19.7. The van der Waals surface area contributed by atoms with Gasteiger partial charge in [-0.3, -0.25) is 10.2 Å². The molecule has 1 aliphatic rings. The Morgan fingerprint density at radius 2 is 1.64 bits per heavy atom. The lowest BCUT2D eigenvalue weighted by Crippen LogP contribution is -2.27. The average Bonchev–Trinajstić information content (AvgIpc) is 3.53. The molecule has 1 saturated heterocycles. The van der Waals surface area contributed by atoms with Crippen molar-refractivity contribution in [2.24, 2.45) is 5.14 Å². The maximum Gasteiger partial charge on any atom is 0.274 e. The van der Waals surface area contributed by atoms with Gasteiger partial charge in [0.15, 0.2) is 0 Å². The number of nitrogens with one attached hydrogen (secondary N) is 2. The molecule has 0 aliphatic carbocycles. The lowest BCUT2D eigenvalue weighted by atomic mass is 10.1. The van der Waals surface area contributed by atoms with E-state index in [1.165, 1.54) is 10.7 Å². The van der Waals surface area contributed by atoms with E-state index < -0.39 is 15.9 Å². The summed E-state index contributed by atoms with van der Waals surface area (Å²) >= 11 is 0. The van der Waals surface area contributed by atoms with Crippen molar-refractivity contribution in [2.45, 2.75) is 24.7 Å². The summed E-state index contributed by atoms with van der Waals surface area (Å²) < 4.78 is 26.2. The first-order valence-electron chi connectivity index (χ1n) is 11.6. The lowest BCUT2D eigenvalue weighted by molar-refractivity contribution is 0.101. The molecule has 1 aliphatic heterocycles. The number of aromatic nitrogens is 2. The zero-order valence-corrected chi connectivity index (χ0v) is 20.5. The molecule has 0 unspecified atom stereocenters. The van der Waals surface area contributed by atoms with Crippen molar-refractivity contribution in [2.75, 3.05) is 18.4 Å². The molecule has 4 N–H and O–H groups in total. The van der Waals surface area contributed by atoms with Gasteiger partial charge in [0.2, 0.25) is 10.0 Å². The molecule has 4 aromatic rings. The van der Waals surface area contributed by atoms with Crippen LogP contribution in [0.1, 0.15) is 34.6 Å². The van der Waals surface area contributed by atoms with Gasteiger partial charge in [-0.05, 0) is 73.0 Å². The van der Waals surface area contributed by atoms with E-state index in [0.717, 1.165) is 36.9 Å². The van der Waals surface area contributed by atoms with E-state index in [9.17, 15) is 13.2 Å². The molecular formula is C26H26N6O3S. The summed E-state index contributed by atoms with van der Waals surface area (Å²) in [7, 11) is -4.10. The number of carbonyl (C=O) groups excluding carboxylic acids is 1. The molecular weight excluding hydrogens is 476 g/mol. The lowest BCUT2D eigenvalue weighted by Gasteiger charge is -2.18. The van der Waals surface area contributed by atoms with Crippen LogP contribution in [0.15, 0.2) is 71.6 Å². The van der Waals surface area contributed by atoms with Crippen LogP contribution >= 0.6 is 0 Å². The Bertz CT molecular complexity index is 1590. The number of sulfonamides is 1. The van der Waals surface area contributed by atoms with Crippen LogP contribution in [0.25, 0.3) is 16.5 Å². The summed E-state index contributed by atoms with van der Waals surface area (Å²) in [4.78, 5) is 15.2. The molecule has 1 aromatic heterocycles. The van der Waals surface area contributed by atoms with Gasteiger partial charge in [0.05, 0.1) is 11.4 Å². The van der Waals surface area contributed by atoms with Gasteiger partial charge in [0.1, 0.15) is 16.4 Å². The third-order valence-electron chi connectivity index (χ3n) is 6.26. The smallest absolute Gasteiger partial charge is 0.274 e. The van der Waals surface area contributed by atoms with Gasteiger partial charge in [-0.1, -0.05) is 24.3 Å². The van der Waals surface area contributed by atoms with Crippen molar-refractivity contribution >= 4 is 38.2 Å². The Balaban J connectivity index is 1.47. The molecule has 0 saturated carbocycles. The molecule has 0 bridgehead atoms. The Morgan fingerprint density at radius 3 is 2.28 bits per heavy atom. The summed E-state index contributed by atoms with van der Waals surface area (Å²) in [5, 5.41) is 22.7. The number of rotatable bonds is 5. The summed E-state index contributed by atoms with van der Waals surface area (Å²) in [6.07, 6.45) is 2.18. The maximum absolute atomic E-state index is 13.3. The van der Waals surface area contributed by atoms with E-state index in [1.54, 1.807) is 49.4 Å². The molecule has 3 aromatic carbocycles. The number of nitrogens with two attached hydrogens (primary N) is 1. The Kier molecular flexibility index (Phi) is 6.07. The first-order valence-corrected chi connectivity index (χ1v) is 13.1. The molecule has 1 amide bonds. The second-order valence-electron chi connectivity index (χ2n) is 8.87. The highest BCUT2D eigenvalue weighted by atomic mass is 32.2. The van der Waals surface area contributed by atoms with Crippen molar-refractivity contribution < 1.29 is 13.2 Å². The monoisotopic (exact) mass is 502 g/mol. The predicted octanol–water partition coefficient (Wildman–Crippen LogP) is 3.65. The zero-order chi connectivity index (χ0) is 25.4. The van der Waals surface area contributed by atoms with Crippen molar-refractivity contribution in [1.29, 1.82) is 5.41 Å². The topological polar surface area (TPSA) is 134 Å². The minimum atomic E-state index is -4.10. The molecule has 36 heavy (non-hydrogen) atoms. The number of fused-ring (bicyclic) bond motifs is 1. The largest absolute Gasteiger partial charge is 0.357 e. The fraction of sp³-hybridized carbons (Fsp3) is 0.192. The summed E-state index contributed by atoms with van der Waals surface area (Å²) in [5.74, 6) is 0.0254.